The van der Waals surface area contributed by atoms with Gasteiger partial charge in [-0.2, -0.15) is 9.82 Å². The zero-order valence-corrected chi connectivity index (χ0v) is 12.7. The minimum Gasteiger partial charge on any atom is -0.386 e. The van der Waals surface area contributed by atoms with Gasteiger partial charge in [-0.15, -0.1) is 0 Å². The maximum absolute atomic E-state index is 12.4. The highest BCUT2D eigenvalue weighted by Crippen LogP contribution is 2.21. The van der Waals surface area contributed by atoms with Gasteiger partial charge < -0.3 is 5.73 Å². The van der Waals surface area contributed by atoms with Gasteiger partial charge in [0.15, 0.2) is 0 Å². The van der Waals surface area contributed by atoms with Crippen LogP contribution in [0.25, 0.3) is 0 Å². The van der Waals surface area contributed by atoms with Crippen molar-refractivity contribution in [3.63, 3.8) is 0 Å². The summed E-state index contributed by atoms with van der Waals surface area (Å²) in [5.41, 5.74) is 5.37. The first kappa shape index (κ1) is 15.6. The lowest BCUT2D eigenvalue weighted by Crippen LogP contribution is -2.54. The minimum atomic E-state index is -3.77. The van der Waals surface area contributed by atoms with E-state index in [1.54, 1.807) is 34.7 Å². The summed E-state index contributed by atoms with van der Waals surface area (Å²) in [5, 5.41) is 11.6. The zero-order chi connectivity index (χ0) is 15.0. The fourth-order valence-corrected chi connectivity index (χ4v) is 3.71. The fraction of sp³-hybridized carbons (Fsp3) is 0.636. The number of nitrogens with zero attached hydrogens (tertiary/aromatic N) is 2. The average molecular weight is 287 g/mol. The number of aryl methyl sites for hydroxylation is 2. The van der Waals surface area contributed by atoms with E-state index < -0.39 is 15.6 Å². The predicted octanol–water partition coefficient (Wildman–Crippen LogP) is 0.420. The first-order valence-corrected chi connectivity index (χ1v) is 7.42. The van der Waals surface area contributed by atoms with Crippen LogP contribution in [0.15, 0.2) is 4.90 Å². The summed E-state index contributed by atoms with van der Waals surface area (Å²) in [4.78, 5) is 0.149. The van der Waals surface area contributed by atoms with Crippen LogP contribution in [0.2, 0.25) is 0 Å². The molecule has 19 heavy (non-hydrogen) atoms. The number of aromatic nitrogens is 2. The molecule has 8 heteroatoms. The second-order valence-electron chi connectivity index (χ2n) is 4.83. The van der Waals surface area contributed by atoms with E-state index in [2.05, 4.69) is 9.82 Å². The predicted molar refractivity (Wildman–Crippen MR) is 73.6 cm³/mol. The van der Waals surface area contributed by atoms with Gasteiger partial charge in [-0.1, -0.05) is 6.92 Å². The van der Waals surface area contributed by atoms with Gasteiger partial charge in [0.05, 0.1) is 16.9 Å². The number of hydrogen-bond acceptors (Lipinski definition) is 4. The Morgan fingerprint density at radius 1 is 1.53 bits per heavy atom. The van der Waals surface area contributed by atoms with E-state index in [4.69, 9.17) is 11.1 Å². The van der Waals surface area contributed by atoms with Crippen LogP contribution in [0.4, 0.5) is 0 Å². The van der Waals surface area contributed by atoms with Crippen molar-refractivity contribution >= 4 is 15.9 Å². The van der Waals surface area contributed by atoms with Crippen LogP contribution < -0.4 is 10.5 Å². The molecule has 1 atom stereocenters. The number of amidine groups is 1. The van der Waals surface area contributed by atoms with Gasteiger partial charge in [-0.05, 0) is 27.2 Å². The Balaban J connectivity index is 3.30. The Morgan fingerprint density at radius 2 is 2.05 bits per heavy atom. The van der Waals surface area contributed by atoms with Gasteiger partial charge in [-0.25, -0.2) is 8.42 Å². The molecule has 1 unspecified atom stereocenters. The summed E-state index contributed by atoms with van der Waals surface area (Å²) < 4.78 is 28.9. The van der Waals surface area contributed by atoms with Crippen LogP contribution in [0.5, 0.6) is 0 Å². The topological polar surface area (TPSA) is 114 Å². The van der Waals surface area contributed by atoms with Crippen LogP contribution in [0, 0.1) is 19.3 Å². The minimum absolute atomic E-state index is 0.149. The SMILES string of the molecule is CCC(C)(NS(=O)(=O)c1c(C)nn(C)c1C)C(=N)N. The molecule has 0 aliphatic heterocycles. The number of hydrogen-bond donors (Lipinski definition) is 3. The molecule has 0 spiro atoms. The molecule has 0 fully saturated rings. The highest BCUT2D eigenvalue weighted by atomic mass is 32.2. The molecule has 1 aromatic heterocycles. The normalized spacial score (nSPS) is 15.2. The number of sulfonamides is 1. The summed E-state index contributed by atoms with van der Waals surface area (Å²) >= 11 is 0. The molecule has 0 saturated heterocycles. The molecule has 0 amide bonds. The van der Waals surface area contributed by atoms with Gasteiger partial charge in [0, 0.05) is 7.05 Å². The van der Waals surface area contributed by atoms with Crippen molar-refractivity contribution in [2.45, 2.75) is 44.6 Å². The van der Waals surface area contributed by atoms with E-state index in [-0.39, 0.29) is 10.7 Å². The first-order valence-electron chi connectivity index (χ1n) is 5.94. The van der Waals surface area contributed by atoms with Crippen LogP contribution in [0.3, 0.4) is 0 Å². The molecule has 0 bridgehead atoms. The Hall–Kier alpha value is -1.41. The molecule has 0 aliphatic carbocycles. The molecular weight excluding hydrogens is 266 g/mol. The number of nitrogens with one attached hydrogen (secondary N) is 2. The average Bonchev–Trinajstić information content (AvgIpc) is 2.52. The van der Waals surface area contributed by atoms with E-state index in [0.29, 0.717) is 17.8 Å². The van der Waals surface area contributed by atoms with Crippen molar-refractivity contribution in [1.29, 1.82) is 5.41 Å². The maximum Gasteiger partial charge on any atom is 0.245 e. The summed E-state index contributed by atoms with van der Waals surface area (Å²) in [6.45, 7) is 6.69. The molecular formula is C11H21N5O2S. The van der Waals surface area contributed by atoms with E-state index in [1.807, 2.05) is 0 Å². The molecule has 1 heterocycles. The van der Waals surface area contributed by atoms with Gasteiger partial charge >= 0.3 is 0 Å². The van der Waals surface area contributed by atoms with E-state index in [9.17, 15) is 8.42 Å². The molecule has 1 rings (SSSR count). The van der Waals surface area contributed by atoms with Gasteiger partial charge in [0.1, 0.15) is 10.7 Å². The van der Waals surface area contributed by atoms with Crippen LogP contribution in [0.1, 0.15) is 31.7 Å². The molecule has 0 aromatic carbocycles. The highest BCUT2D eigenvalue weighted by molar-refractivity contribution is 7.89. The molecule has 7 nitrogen and oxygen atoms in total. The van der Waals surface area contributed by atoms with Crippen molar-refractivity contribution in [2.24, 2.45) is 12.8 Å². The maximum atomic E-state index is 12.4. The van der Waals surface area contributed by atoms with Crippen molar-refractivity contribution in [3.8, 4) is 0 Å². The first-order chi connectivity index (χ1) is 8.55. The lowest BCUT2D eigenvalue weighted by molar-refractivity contribution is 0.504. The third kappa shape index (κ3) is 2.79. The number of rotatable bonds is 5. The summed E-state index contributed by atoms with van der Waals surface area (Å²) in [7, 11) is -2.08. The van der Waals surface area contributed by atoms with E-state index >= 15 is 0 Å². The van der Waals surface area contributed by atoms with Crippen molar-refractivity contribution in [3.05, 3.63) is 11.4 Å². The highest BCUT2D eigenvalue weighted by Gasteiger charge is 2.34. The van der Waals surface area contributed by atoms with Gasteiger partial charge in [0.25, 0.3) is 0 Å². The second-order valence-corrected chi connectivity index (χ2v) is 6.45. The molecule has 1 aromatic rings. The van der Waals surface area contributed by atoms with E-state index in [1.165, 1.54) is 4.68 Å². The summed E-state index contributed by atoms with van der Waals surface area (Å²) in [5.74, 6) is -0.210. The lowest BCUT2D eigenvalue weighted by Gasteiger charge is -2.27. The standard InChI is InChI=1S/C11H21N5O2S/c1-6-11(4,10(12)13)15-19(17,18)9-7(2)14-16(5)8(9)3/h15H,6H2,1-5H3,(H3,12,13). The van der Waals surface area contributed by atoms with Crippen molar-refractivity contribution in [2.75, 3.05) is 0 Å². The Kier molecular flexibility index (Phi) is 4.06. The fourth-order valence-electron chi connectivity index (χ4n) is 1.81. The van der Waals surface area contributed by atoms with E-state index in [0.717, 1.165) is 0 Å². The summed E-state index contributed by atoms with van der Waals surface area (Å²) in [6.07, 6.45) is 0.389. The Labute approximate surface area is 113 Å². The van der Waals surface area contributed by atoms with Crippen LogP contribution in [-0.4, -0.2) is 29.6 Å². The van der Waals surface area contributed by atoms with Crippen molar-refractivity contribution < 1.29 is 8.42 Å². The summed E-state index contributed by atoms with van der Waals surface area (Å²) in [6, 6.07) is 0. The number of nitrogens with two attached hydrogens (primary N) is 1. The van der Waals surface area contributed by atoms with Crippen LogP contribution in [-0.2, 0) is 17.1 Å². The molecule has 108 valence electrons. The molecule has 0 radical (unpaired) electrons. The Bertz CT molecular complexity index is 605. The molecule has 4 N–H and O–H groups in total. The third-order valence-electron chi connectivity index (χ3n) is 3.37. The van der Waals surface area contributed by atoms with Crippen LogP contribution >= 0.6 is 0 Å². The van der Waals surface area contributed by atoms with Gasteiger partial charge in [0.2, 0.25) is 10.0 Å². The largest absolute Gasteiger partial charge is 0.386 e. The van der Waals surface area contributed by atoms with Gasteiger partial charge in [-0.3, -0.25) is 10.1 Å². The third-order valence-corrected chi connectivity index (χ3v) is 5.22. The smallest absolute Gasteiger partial charge is 0.245 e. The van der Waals surface area contributed by atoms with Crippen molar-refractivity contribution in [1.82, 2.24) is 14.5 Å². The second kappa shape index (κ2) is 4.93. The quantitative estimate of drug-likeness (QED) is 0.538. The molecule has 0 aliphatic rings. The zero-order valence-electron chi connectivity index (χ0n) is 11.9. The lowest BCUT2D eigenvalue weighted by atomic mass is 10.00. The molecule has 0 saturated carbocycles. The monoisotopic (exact) mass is 287 g/mol. The Morgan fingerprint density at radius 3 is 2.37 bits per heavy atom.